The zero-order chi connectivity index (χ0) is 9.14. The molecule has 1 atom stereocenters. The minimum absolute atomic E-state index is 0.470. The van der Waals surface area contributed by atoms with Gasteiger partial charge in [-0.1, -0.05) is 13.8 Å². The lowest BCUT2D eigenvalue weighted by Crippen LogP contribution is -2.03. The van der Waals surface area contributed by atoms with Crippen LogP contribution in [0.25, 0.3) is 0 Å². The number of nitrogens with zero attached hydrogens (tertiary/aromatic N) is 2. The Balaban J connectivity index is 2.93. The van der Waals surface area contributed by atoms with Gasteiger partial charge in [-0.3, -0.25) is 0 Å². The van der Waals surface area contributed by atoms with Crippen molar-refractivity contribution in [3.63, 3.8) is 0 Å². The van der Waals surface area contributed by atoms with Gasteiger partial charge in [0.15, 0.2) is 0 Å². The first-order valence-corrected chi connectivity index (χ1v) is 4.51. The molecule has 1 aromatic heterocycles. The SMILES string of the molecule is CCC(C)c1ncn(CC)c1N. The van der Waals surface area contributed by atoms with Gasteiger partial charge >= 0.3 is 0 Å². The second-order valence-electron chi connectivity index (χ2n) is 3.11. The Labute approximate surface area is 73.6 Å². The first-order chi connectivity index (χ1) is 5.70. The van der Waals surface area contributed by atoms with Crippen molar-refractivity contribution < 1.29 is 0 Å². The summed E-state index contributed by atoms with van der Waals surface area (Å²) in [5.74, 6) is 1.30. The van der Waals surface area contributed by atoms with Gasteiger partial charge in [0.2, 0.25) is 0 Å². The average molecular weight is 167 g/mol. The zero-order valence-electron chi connectivity index (χ0n) is 8.04. The molecule has 0 aliphatic carbocycles. The lowest BCUT2D eigenvalue weighted by Gasteiger charge is -2.06. The van der Waals surface area contributed by atoms with Crippen molar-refractivity contribution in [2.45, 2.75) is 39.7 Å². The molecule has 3 nitrogen and oxygen atoms in total. The average Bonchev–Trinajstić information content (AvgIpc) is 2.45. The molecule has 0 aliphatic rings. The third-order valence-corrected chi connectivity index (χ3v) is 2.33. The minimum Gasteiger partial charge on any atom is -0.384 e. The predicted octanol–water partition coefficient (Wildman–Crippen LogP) is 2.00. The van der Waals surface area contributed by atoms with Gasteiger partial charge in [0.1, 0.15) is 5.82 Å². The van der Waals surface area contributed by atoms with Crippen LogP contribution >= 0.6 is 0 Å². The van der Waals surface area contributed by atoms with Gasteiger partial charge < -0.3 is 10.3 Å². The van der Waals surface area contributed by atoms with Crippen molar-refractivity contribution in [1.82, 2.24) is 9.55 Å². The van der Waals surface area contributed by atoms with Crippen LogP contribution in [0.3, 0.4) is 0 Å². The van der Waals surface area contributed by atoms with Crippen LogP contribution in [-0.2, 0) is 6.54 Å². The largest absolute Gasteiger partial charge is 0.384 e. The van der Waals surface area contributed by atoms with E-state index in [4.69, 9.17) is 5.73 Å². The molecular formula is C9H17N3. The molecule has 1 aromatic rings. The molecule has 12 heavy (non-hydrogen) atoms. The lowest BCUT2D eigenvalue weighted by molar-refractivity contribution is 0.713. The maximum Gasteiger partial charge on any atom is 0.126 e. The highest BCUT2D eigenvalue weighted by Crippen LogP contribution is 2.22. The topological polar surface area (TPSA) is 43.8 Å². The Morgan fingerprint density at radius 2 is 2.25 bits per heavy atom. The molecular weight excluding hydrogens is 150 g/mol. The van der Waals surface area contributed by atoms with E-state index in [-0.39, 0.29) is 0 Å². The maximum absolute atomic E-state index is 5.89. The van der Waals surface area contributed by atoms with E-state index in [0.29, 0.717) is 5.92 Å². The first kappa shape index (κ1) is 9.10. The summed E-state index contributed by atoms with van der Waals surface area (Å²) < 4.78 is 1.97. The highest BCUT2D eigenvalue weighted by Gasteiger charge is 2.11. The van der Waals surface area contributed by atoms with Crippen LogP contribution in [0.15, 0.2) is 6.33 Å². The molecule has 3 heteroatoms. The molecule has 0 aromatic carbocycles. The summed E-state index contributed by atoms with van der Waals surface area (Å²) in [7, 11) is 0. The standard InChI is InChI=1S/C9H17N3/c1-4-7(3)8-9(10)12(5-2)6-11-8/h6-7H,4-5,10H2,1-3H3. The van der Waals surface area contributed by atoms with E-state index in [1.807, 2.05) is 10.9 Å². The van der Waals surface area contributed by atoms with E-state index in [2.05, 4.69) is 25.8 Å². The van der Waals surface area contributed by atoms with Gasteiger partial charge in [0.05, 0.1) is 12.0 Å². The molecule has 0 amide bonds. The number of aryl methyl sites for hydroxylation is 1. The Morgan fingerprint density at radius 3 is 2.67 bits per heavy atom. The third-order valence-electron chi connectivity index (χ3n) is 2.33. The van der Waals surface area contributed by atoms with Gasteiger partial charge in [-0.25, -0.2) is 4.98 Å². The van der Waals surface area contributed by atoms with Gasteiger partial charge in [-0.15, -0.1) is 0 Å². The van der Waals surface area contributed by atoms with Crippen LogP contribution < -0.4 is 5.73 Å². The van der Waals surface area contributed by atoms with Crippen LogP contribution in [0.2, 0.25) is 0 Å². The Morgan fingerprint density at radius 1 is 1.58 bits per heavy atom. The van der Waals surface area contributed by atoms with E-state index >= 15 is 0 Å². The molecule has 0 aliphatic heterocycles. The quantitative estimate of drug-likeness (QED) is 0.748. The fourth-order valence-electron chi connectivity index (χ4n) is 1.23. The van der Waals surface area contributed by atoms with Crippen molar-refractivity contribution in [3.05, 3.63) is 12.0 Å². The molecule has 0 saturated carbocycles. The fraction of sp³-hybridized carbons (Fsp3) is 0.667. The second-order valence-corrected chi connectivity index (χ2v) is 3.11. The summed E-state index contributed by atoms with van der Waals surface area (Å²) in [6.07, 6.45) is 2.90. The van der Waals surface area contributed by atoms with Crippen LogP contribution in [0.5, 0.6) is 0 Å². The summed E-state index contributed by atoms with van der Waals surface area (Å²) in [5, 5.41) is 0. The van der Waals surface area contributed by atoms with Crippen molar-refractivity contribution in [2.24, 2.45) is 0 Å². The van der Waals surface area contributed by atoms with Crippen molar-refractivity contribution in [3.8, 4) is 0 Å². The smallest absolute Gasteiger partial charge is 0.126 e. The third kappa shape index (κ3) is 1.44. The van der Waals surface area contributed by atoms with E-state index in [1.165, 1.54) is 0 Å². The highest BCUT2D eigenvalue weighted by atomic mass is 15.1. The van der Waals surface area contributed by atoms with E-state index in [1.54, 1.807) is 0 Å². The summed E-state index contributed by atoms with van der Waals surface area (Å²) in [4.78, 5) is 4.30. The zero-order valence-corrected chi connectivity index (χ0v) is 8.04. The first-order valence-electron chi connectivity index (χ1n) is 4.51. The Bertz CT molecular complexity index is 252. The van der Waals surface area contributed by atoms with Crippen molar-refractivity contribution in [1.29, 1.82) is 0 Å². The predicted molar refractivity (Wildman–Crippen MR) is 51.0 cm³/mol. The maximum atomic E-state index is 5.89. The molecule has 68 valence electrons. The lowest BCUT2D eigenvalue weighted by atomic mass is 10.1. The van der Waals surface area contributed by atoms with Crippen molar-refractivity contribution >= 4 is 5.82 Å². The normalized spacial score (nSPS) is 13.2. The van der Waals surface area contributed by atoms with Gasteiger partial charge in [0, 0.05) is 12.5 Å². The number of hydrogen-bond acceptors (Lipinski definition) is 2. The highest BCUT2D eigenvalue weighted by molar-refractivity contribution is 5.38. The summed E-state index contributed by atoms with van der Waals surface area (Å²) in [6, 6.07) is 0. The molecule has 0 saturated heterocycles. The van der Waals surface area contributed by atoms with E-state index < -0.39 is 0 Å². The summed E-state index contributed by atoms with van der Waals surface area (Å²) >= 11 is 0. The Hall–Kier alpha value is -0.990. The van der Waals surface area contributed by atoms with Crippen molar-refractivity contribution in [2.75, 3.05) is 5.73 Å². The van der Waals surface area contributed by atoms with E-state index in [9.17, 15) is 0 Å². The second kappa shape index (κ2) is 3.61. The molecule has 0 bridgehead atoms. The van der Waals surface area contributed by atoms with Crippen LogP contribution in [0.1, 0.15) is 38.8 Å². The van der Waals surface area contributed by atoms with Crippen LogP contribution in [0.4, 0.5) is 5.82 Å². The monoisotopic (exact) mass is 167 g/mol. The van der Waals surface area contributed by atoms with Gasteiger partial charge in [0.25, 0.3) is 0 Å². The van der Waals surface area contributed by atoms with Crippen LogP contribution in [0, 0.1) is 0 Å². The molecule has 1 rings (SSSR count). The number of rotatable bonds is 3. The molecule has 0 radical (unpaired) electrons. The number of nitrogen functional groups attached to an aromatic ring is 1. The summed E-state index contributed by atoms with van der Waals surface area (Å²) in [5.41, 5.74) is 6.93. The molecule has 0 spiro atoms. The molecule has 0 fully saturated rings. The number of anilines is 1. The number of hydrogen-bond donors (Lipinski definition) is 1. The molecule has 2 N–H and O–H groups in total. The number of imidazole rings is 1. The van der Waals surface area contributed by atoms with Gasteiger partial charge in [-0.2, -0.15) is 0 Å². The molecule has 1 unspecified atom stereocenters. The number of nitrogens with two attached hydrogens (primary N) is 1. The van der Waals surface area contributed by atoms with Crippen LogP contribution in [-0.4, -0.2) is 9.55 Å². The summed E-state index contributed by atoms with van der Waals surface area (Å²) in [6.45, 7) is 7.27. The minimum atomic E-state index is 0.470. The Kier molecular flexibility index (Phi) is 2.74. The van der Waals surface area contributed by atoms with E-state index in [0.717, 1.165) is 24.5 Å². The molecule has 1 heterocycles. The fourth-order valence-corrected chi connectivity index (χ4v) is 1.23. The van der Waals surface area contributed by atoms with Gasteiger partial charge in [-0.05, 0) is 13.3 Å². The number of aromatic nitrogens is 2.